The highest BCUT2D eigenvalue weighted by molar-refractivity contribution is 7.99. The van der Waals surface area contributed by atoms with Crippen LogP contribution in [0.1, 0.15) is 38.3 Å². The average Bonchev–Trinajstić information content (AvgIpc) is 2.93. The van der Waals surface area contributed by atoms with E-state index in [0.717, 1.165) is 13.0 Å². The quantitative estimate of drug-likeness (QED) is 0.771. The molecule has 0 atom stereocenters. The number of hydrogen-bond acceptors (Lipinski definition) is 3. The van der Waals surface area contributed by atoms with Gasteiger partial charge in [0, 0.05) is 23.7 Å². The zero-order valence-corrected chi connectivity index (χ0v) is 14.3. The lowest BCUT2D eigenvalue weighted by Crippen LogP contribution is -2.39. The molecule has 0 aromatic heterocycles. The Kier molecular flexibility index (Phi) is 4.22. The summed E-state index contributed by atoms with van der Waals surface area (Å²) in [6.45, 7) is 7.07. The van der Waals surface area contributed by atoms with Crippen LogP contribution in [-0.4, -0.2) is 35.4 Å². The van der Waals surface area contributed by atoms with Crippen molar-refractivity contribution in [2.45, 2.75) is 44.1 Å². The number of nitrogens with zero attached hydrogens (tertiary/aromatic N) is 1. The highest BCUT2D eigenvalue weighted by atomic mass is 32.2. The van der Waals surface area contributed by atoms with Crippen LogP contribution in [0.3, 0.4) is 0 Å². The Morgan fingerprint density at radius 3 is 2.77 bits per heavy atom. The van der Waals surface area contributed by atoms with Gasteiger partial charge in [-0.25, -0.2) is 4.79 Å². The van der Waals surface area contributed by atoms with E-state index in [4.69, 9.17) is 4.74 Å². The lowest BCUT2D eigenvalue weighted by molar-refractivity contribution is 0.0270. The summed E-state index contributed by atoms with van der Waals surface area (Å²) in [6, 6.07) is 6.78. The lowest BCUT2D eigenvalue weighted by Gasteiger charge is -2.29. The van der Waals surface area contributed by atoms with Gasteiger partial charge in [-0.3, -0.25) is 0 Å². The standard InChI is InChI=1S/C18H23NO2S/c1-18(2,3)21-17(20)19-9-6-13(7-10-19)14-4-5-16-15(12-14)8-11-22-16/h4-6,12H,7-11H2,1-3H3. The summed E-state index contributed by atoms with van der Waals surface area (Å²) in [6.07, 6.45) is 4.02. The van der Waals surface area contributed by atoms with Gasteiger partial charge in [0.2, 0.25) is 0 Å². The predicted octanol–water partition coefficient (Wildman–Crippen LogP) is 4.36. The monoisotopic (exact) mass is 317 g/mol. The van der Waals surface area contributed by atoms with Gasteiger partial charge in [0.1, 0.15) is 5.60 Å². The molecular weight excluding hydrogens is 294 g/mol. The molecule has 2 heterocycles. The number of carbonyl (C=O) groups is 1. The third kappa shape index (κ3) is 3.49. The van der Waals surface area contributed by atoms with E-state index in [9.17, 15) is 4.79 Å². The van der Waals surface area contributed by atoms with Crippen LogP contribution in [0.25, 0.3) is 5.57 Å². The molecule has 1 aromatic rings. The fourth-order valence-corrected chi connectivity index (χ4v) is 3.86. The molecule has 0 saturated carbocycles. The summed E-state index contributed by atoms with van der Waals surface area (Å²) in [5.41, 5.74) is 3.70. The zero-order valence-electron chi connectivity index (χ0n) is 13.5. The normalized spacial score (nSPS) is 18.0. The second-order valence-electron chi connectivity index (χ2n) is 6.83. The van der Waals surface area contributed by atoms with Gasteiger partial charge in [-0.2, -0.15) is 0 Å². The van der Waals surface area contributed by atoms with Crippen molar-refractivity contribution >= 4 is 23.4 Å². The van der Waals surface area contributed by atoms with Gasteiger partial charge in [0.25, 0.3) is 0 Å². The van der Waals surface area contributed by atoms with Crippen molar-refractivity contribution in [3.8, 4) is 0 Å². The second kappa shape index (κ2) is 5.99. The molecule has 3 rings (SSSR count). The maximum atomic E-state index is 12.1. The number of rotatable bonds is 1. The van der Waals surface area contributed by atoms with Crippen LogP contribution in [0.4, 0.5) is 4.79 Å². The number of amides is 1. The van der Waals surface area contributed by atoms with Crippen molar-refractivity contribution in [3.05, 3.63) is 35.4 Å². The van der Waals surface area contributed by atoms with Crippen LogP contribution in [0.2, 0.25) is 0 Å². The molecule has 118 valence electrons. The van der Waals surface area contributed by atoms with Crippen molar-refractivity contribution in [2.75, 3.05) is 18.8 Å². The minimum atomic E-state index is -0.432. The Morgan fingerprint density at radius 2 is 2.09 bits per heavy atom. The van der Waals surface area contributed by atoms with E-state index in [0.29, 0.717) is 6.54 Å². The van der Waals surface area contributed by atoms with Crippen molar-refractivity contribution in [2.24, 2.45) is 0 Å². The number of ether oxygens (including phenoxy) is 1. The van der Waals surface area contributed by atoms with E-state index in [2.05, 4.69) is 24.3 Å². The van der Waals surface area contributed by atoms with Crippen molar-refractivity contribution in [3.63, 3.8) is 0 Å². The van der Waals surface area contributed by atoms with Gasteiger partial charge < -0.3 is 9.64 Å². The minimum absolute atomic E-state index is 0.215. The average molecular weight is 317 g/mol. The van der Waals surface area contributed by atoms with Crippen LogP contribution in [0.5, 0.6) is 0 Å². The molecule has 4 heteroatoms. The molecule has 0 spiro atoms. The Bertz CT molecular complexity index is 616. The number of thioether (sulfide) groups is 1. The molecule has 0 aliphatic carbocycles. The molecule has 0 radical (unpaired) electrons. The maximum Gasteiger partial charge on any atom is 0.410 e. The first kappa shape index (κ1) is 15.5. The lowest BCUT2D eigenvalue weighted by atomic mass is 9.97. The molecule has 1 aromatic carbocycles. The van der Waals surface area contributed by atoms with Gasteiger partial charge >= 0.3 is 6.09 Å². The Labute approximate surface area is 136 Å². The van der Waals surface area contributed by atoms with Crippen LogP contribution in [-0.2, 0) is 11.2 Å². The van der Waals surface area contributed by atoms with E-state index < -0.39 is 5.60 Å². The van der Waals surface area contributed by atoms with Gasteiger partial charge in [-0.15, -0.1) is 11.8 Å². The molecule has 0 N–H and O–H groups in total. The van der Waals surface area contributed by atoms with E-state index in [-0.39, 0.29) is 6.09 Å². The van der Waals surface area contributed by atoms with Crippen molar-refractivity contribution < 1.29 is 9.53 Å². The fraction of sp³-hybridized carbons (Fsp3) is 0.500. The molecule has 0 bridgehead atoms. The molecule has 22 heavy (non-hydrogen) atoms. The first-order valence-electron chi connectivity index (χ1n) is 7.85. The molecule has 2 aliphatic rings. The number of aryl methyl sites for hydroxylation is 1. The van der Waals surface area contributed by atoms with Crippen molar-refractivity contribution in [1.82, 2.24) is 4.90 Å². The Hall–Kier alpha value is -1.42. The summed E-state index contributed by atoms with van der Waals surface area (Å²) in [7, 11) is 0. The summed E-state index contributed by atoms with van der Waals surface area (Å²) in [5.74, 6) is 1.20. The smallest absolute Gasteiger partial charge is 0.410 e. The van der Waals surface area contributed by atoms with Gasteiger partial charge in [-0.05, 0) is 56.4 Å². The summed E-state index contributed by atoms with van der Waals surface area (Å²) < 4.78 is 5.43. The molecule has 3 nitrogen and oxygen atoms in total. The number of fused-ring (bicyclic) bond motifs is 1. The topological polar surface area (TPSA) is 29.5 Å². The minimum Gasteiger partial charge on any atom is -0.444 e. The number of hydrogen-bond donors (Lipinski definition) is 0. The molecular formula is C18H23NO2S. The zero-order chi connectivity index (χ0) is 15.7. The van der Waals surface area contributed by atoms with Crippen LogP contribution >= 0.6 is 11.8 Å². The summed E-state index contributed by atoms with van der Waals surface area (Å²) in [4.78, 5) is 15.3. The molecule has 1 amide bonds. The largest absolute Gasteiger partial charge is 0.444 e. The van der Waals surface area contributed by atoms with E-state index in [1.54, 1.807) is 4.90 Å². The highest BCUT2D eigenvalue weighted by Gasteiger charge is 2.24. The molecule has 0 unspecified atom stereocenters. The Balaban J connectivity index is 1.67. The van der Waals surface area contributed by atoms with Gasteiger partial charge in [-0.1, -0.05) is 18.2 Å². The number of benzene rings is 1. The third-order valence-electron chi connectivity index (χ3n) is 3.92. The van der Waals surface area contributed by atoms with Crippen molar-refractivity contribution in [1.29, 1.82) is 0 Å². The predicted molar refractivity (Wildman–Crippen MR) is 91.3 cm³/mol. The third-order valence-corrected chi connectivity index (χ3v) is 5.04. The van der Waals surface area contributed by atoms with E-state index in [1.807, 2.05) is 32.5 Å². The van der Waals surface area contributed by atoms with E-state index in [1.165, 1.54) is 33.8 Å². The van der Waals surface area contributed by atoms with E-state index >= 15 is 0 Å². The van der Waals surface area contributed by atoms with Crippen LogP contribution < -0.4 is 0 Å². The van der Waals surface area contributed by atoms with Gasteiger partial charge in [0.15, 0.2) is 0 Å². The molecule has 2 aliphatic heterocycles. The van der Waals surface area contributed by atoms with Gasteiger partial charge in [0.05, 0.1) is 0 Å². The van der Waals surface area contributed by atoms with Crippen LogP contribution in [0.15, 0.2) is 29.2 Å². The first-order valence-corrected chi connectivity index (χ1v) is 8.84. The fourth-order valence-electron chi connectivity index (χ4n) is 2.81. The first-order chi connectivity index (χ1) is 10.4. The Morgan fingerprint density at radius 1 is 1.27 bits per heavy atom. The molecule has 0 saturated heterocycles. The second-order valence-corrected chi connectivity index (χ2v) is 7.96. The maximum absolute atomic E-state index is 12.1. The highest BCUT2D eigenvalue weighted by Crippen LogP contribution is 2.34. The molecule has 0 fully saturated rings. The summed E-state index contributed by atoms with van der Waals surface area (Å²) >= 11 is 1.94. The number of carbonyl (C=O) groups excluding carboxylic acids is 1. The summed E-state index contributed by atoms with van der Waals surface area (Å²) in [5, 5.41) is 0. The SMILES string of the molecule is CC(C)(C)OC(=O)N1CC=C(c2ccc3c(c2)CCS3)CC1. The van der Waals surface area contributed by atoms with Crippen LogP contribution in [0, 0.1) is 0 Å².